The van der Waals surface area contributed by atoms with Crippen LogP contribution >= 0.6 is 0 Å². The summed E-state index contributed by atoms with van der Waals surface area (Å²) in [5, 5.41) is 0. The monoisotopic (exact) mass is 346 g/mol. The molecule has 0 saturated heterocycles. The van der Waals surface area contributed by atoms with Crippen LogP contribution in [-0.4, -0.2) is 26.6 Å². The van der Waals surface area contributed by atoms with E-state index in [2.05, 4.69) is 21.0 Å². The molecule has 1 N–H and O–H groups in total. The van der Waals surface area contributed by atoms with Gasteiger partial charge in [0.25, 0.3) is 5.56 Å². The largest absolute Gasteiger partial charge is 0.497 e. The summed E-state index contributed by atoms with van der Waals surface area (Å²) in [7, 11) is 1.60. The van der Waals surface area contributed by atoms with Crippen molar-refractivity contribution in [2.45, 2.75) is 13.5 Å². The van der Waals surface area contributed by atoms with Gasteiger partial charge in [0.15, 0.2) is 11.2 Å². The first-order valence-electron chi connectivity index (χ1n) is 8.29. The van der Waals surface area contributed by atoms with Crippen LogP contribution in [0.4, 0.5) is 0 Å². The fraction of sp³-hybridized carbons (Fsp3) is 0.150. The quantitative estimate of drug-likeness (QED) is 0.616. The molecule has 2 heterocycles. The van der Waals surface area contributed by atoms with Crippen LogP contribution in [0.3, 0.4) is 0 Å². The first kappa shape index (κ1) is 16.1. The number of aromatic nitrogens is 4. The van der Waals surface area contributed by atoms with Gasteiger partial charge >= 0.3 is 0 Å². The van der Waals surface area contributed by atoms with Crippen LogP contribution in [0, 0.1) is 6.92 Å². The number of aromatic amines is 1. The molecule has 6 heteroatoms. The highest BCUT2D eigenvalue weighted by Gasteiger charge is 2.12. The Balaban J connectivity index is 1.77. The lowest BCUT2D eigenvalue weighted by Gasteiger charge is -2.06. The molecule has 26 heavy (non-hydrogen) atoms. The van der Waals surface area contributed by atoms with Crippen LogP contribution in [0.15, 0.2) is 59.7 Å². The van der Waals surface area contributed by atoms with Gasteiger partial charge < -0.3 is 14.3 Å². The zero-order chi connectivity index (χ0) is 18.1. The lowest BCUT2D eigenvalue weighted by Crippen LogP contribution is -2.13. The predicted octanol–water partition coefficient (Wildman–Crippen LogP) is 3.15. The van der Waals surface area contributed by atoms with Crippen molar-refractivity contribution in [3.05, 3.63) is 76.3 Å². The van der Waals surface area contributed by atoms with Crippen molar-refractivity contribution in [3.63, 3.8) is 0 Å². The number of ether oxygens (including phenoxy) is 1. The topological polar surface area (TPSA) is 72.8 Å². The van der Waals surface area contributed by atoms with E-state index in [0.29, 0.717) is 29.3 Å². The second kappa shape index (κ2) is 6.48. The summed E-state index contributed by atoms with van der Waals surface area (Å²) in [5.41, 5.74) is 3.76. The smallest absolute Gasteiger partial charge is 0.277 e. The third-order valence-corrected chi connectivity index (χ3v) is 4.26. The summed E-state index contributed by atoms with van der Waals surface area (Å²) < 4.78 is 7.06. The zero-order valence-corrected chi connectivity index (χ0v) is 14.6. The number of rotatable bonds is 4. The first-order chi connectivity index (χ1) is 12.6. The summed E-state index contributed by atoms with van der Waals surface area (Å²) >= 11 is 0. The normalized spacial score (nSPS) is 11.0. The SMILES string of the molecule is COc1cccc(-c2nc3ncn(Cc4cccc(C)c4)c3c(=O)[nH]2)c1. The second-order valence-electron chi connectivity index (χ2n) is 6.18. The maximum atomic E-state index is 12.7. The van der Waals surface area contributed by atoms with Crippen LogP contribution in [0.5, 0.6) is 5.75 Å². The fourth-order valence-corrected chi connectivity index (χ4v) is 3.02. The third kappa shape index (κ3) is 2.97. The zero-order valence-electron chi connectivity index (χ0n) is 14.6. The molecule has 0 spiro atoms. The van der Waals surface area contributed by atoms with Gasteiger partial charge in [0.2, 0.25) is 0 Å². The highest BCUT2D eigenvalue weighted by atomic mass is 16.5. The number of imidazole rings is 1. The molecule has 2 aromatic carbocycles. The van der Waals surface area contributed by atoms with Gasteiger partial charge in [0.05, 0.1) is 13.4 Å². The van der Waals surface area contributed by atoms with Crippen molar-refractivity contribution in [3.8, 4) is 17.1 Å². The number of fused-ring (bicyclic) bond motifs is 1. The van der Waals surface area contributed by atoms with Gasteiger partial charge in [-0.2, -0.15) is 0 Å². The van der Waals surface area contributed by atoms with Crippen LogP contribution in [0.2, 0.25) is 0 Å². The van der Waals surface area contributed by atoms with E-state index < -0.39 is 0 Å². The Morgan fingerprint density at radius 1 is 1.15 bits per heavy atom. The number of H-pyrrole nitrogens is 1. The molecule has 0 amide bonds. The van der Waals surface area contributed by atoms with Crippen LogP contribution < -0.4 is 10.3 Å². The highest BCUT2D eigenvalue weighted by Crippen LogP contribution is 2.21. The summed E-state index contributed by atoms with van der Waals surface area (Å²) in [6.07, 6.45) is 1.66. The average molecular weight is 346 g/mol. The molecule has 0 unspecified atom stereocenters. The van der Waals surface area contributed by atoms with Crippen molar-refractivity contribution >= 4 is 11.2 Å². The van der Waals surface area contributed by atoms with E-state index in [1.165, 1.54) is 5.56 Å². The van der Waals surface area contributed by atoms with E-state index in [9.17, 15) is 4.79 Å². The number of benzene rings is 2. The third-order valence-electron chi connectivity index (χ3n) is 4.26. The van der Waals surface area contributed by atoms with Crippen molar-refractivity contribution in [2.75, 3.05) is 7.11 Å². The molecule has 6 nitrogen and oxygen atoms in total. The lowest BCUT2D eigenvalue weighted by atomic mass is 10.1. The van der Waals surface area contributed by atoms with Gasteiger partial charge in [0, 0.05) is 12.1 Å². The Hall–Kier alpha value is -3.41. The van der Waals surface area contributed by atoms with Gasteiger partial charge in [-0.3, -0.25) is 4.79 Å². The Kier molecular flexibility index (Phi) is 4.01. The minimum Gasteiger partial charge on any atom is -0.497 e. The molecule has 0 aliphatic carbocycles. The molecular weight excluding hydrogens is 328 g/mol. The van der Waals surface area contributed by atoms with E-state index in [4.69, 9.17) is 4.74 Å². The minimum atomic E-state index is -0.210. The van der Waals surface area contributed by atoms with Gasteiger partial charge in [0.1, 0.15) is 11.6 Å². The van der Waals surface area contributed by atoms with Crippen LogP contribution in [0.1, 0.15) is 11.1 Å². The van der Waals surface area contributed by atoms with Gasteiger partial charge in [-0.1, -0.05) is 42.0 Å². The Morgan fingerprint density at radius 2 is 2.00 bits per heavy atom. The number of methoxy groups -OCH3 is 1. The second-order valence-corrected chi connectivity index (χ2v) is 6.18. The Morgan fingerprint density at radius 3 is 2.81 bits per heavy atom. The molecule has 0 aliphatic rings. The summed E-state index contributed by atoms with van der Waals surface area (Å²) in [5.74, 6) is 1.18. The van der Waals surface area contributed by atoms with Gasteiger partial charge in [-0.05, 0) is 24.6 Å². The molecule has 0 radical (unpaired) electrons. The number of nitrogens with one attached hydrogen (secondary N) is 1. The van der Waals surface area contributed by atoms with E-state index >= 15 is 0 Å². The van der Waals surface area contributed by atoms with E-state index in [-0.39, 0.29) is 5.56 Å². The van der Waals surface area contributed by atoms with Gasteiger partial charge in [-0.15, -0.1) is 0 Å². The minimum absolute atomic E-state index is 0.210. The first-order valence-corrected chi connectivity index (χ1v) is 8.29. The predicted molar refractivity (Wildman–Crippen MR) is 100 cm³/mol. The fourth-order valence-electron chi connectivity index (χ4n) is 3.02. The van der Waals surface area contributed by atoms with E-state index in [0.717, 1.165) is 11.1 Å². The van der Waals surface area contributed by atoms with Crippen molar-refractivity contribution in [1.29, 1.82) is 0 Å². The number of aryl methyl sites for hydroxylation is 1. The molecule has 130 valence electrons. The lowest BCUT2D eigenvalue weighted by molar-refractivity contribution is 0.415. The molecule has 0 aliphatic heterocycles. The number of nitrogens with zero attached hydrogens (tertiary/aromatic N) is 3. The molecule has 2 aromatic heterocycles. The Bertz CT molecular complexity index is 1140. The van der Waals surface area contributed by atoms with E-state index in [1.807, 2.05) is 54.0 Å². The number of hydrogen-bond acceptors (Lipinski definition) is 4. The van der Waals surface area contributed by atoms with Crippen LogP contribution in [0.25, 0.3) is 22.6 Å². The van der Waals surface area contributed by atoms with Crippen molar-refractivity contribution in [1.82, 2.24) is 19.5 Å². The van der Waals surface area contributed by atoms with Crippen molar-refractivity contribution < 1.29 is 4.74 Å². The Labute approximate surface area is 150 Å². The van der Waals surface area contributed by atoms with Crippen molar-refractivity contribution in [2.24, 2.45) is 0 Å². The molecule has 0 bridgehead atoms. The maximum Gasteiger partial charge on any atom is 0.277 e. The van der Waals surface area contributed by atoms with E-state index in [1.54, 1.807) is 13.4 Å². The van der Waals surface area contributed by atoms with Crippen LogP contribution in [-0.2, 0) is 6.54 Å². The van der Waals surface area contributed by atoms with Gasteiger partial charge in [-0.25, -0.2) is 9.97 Å². The molecule has 4 aromatic rings. The highest BCUT2D eigenvalue weighted by molar-refractivity contribution is 5.73. The maximum absolute atomic E-state index is 12.7. The molecule has 0 atom stereocenters. The molecule has 0 fully saturated rings. The molecule has 0 saturated carbocycles. The standard InChI is InChI=1S/C20H18N4O2/c1-13-5-3-6-14(9-13)11-24-12-21-19-17(24)20(25)23-18(22-19)15-7-4-8-16(10-15)26-2/h3-10,12H,11H2,1-2H3,(H,22,23,25). The molecule has 4 rings (SSSR count). The summed E-state index contributed by atoms with van der Waals surface area (Å²) in [6.45, 7) is 2.62. The molecular formula is C20H18N4O2. The number of hydrogen-bond donors (Lipinski definition) is 1. The average Bonchev–Trinajstić information content (AvgIpc) is 3.05. The summed E-state index contributed by atoms with van der Waals surface area (Å²) in [6, 6.07) is 15.6. The summed E-state index contributed by atoms with van der Waals surface area (Å²) in [4.78, 5) is 24.4.